The van der Waals surface area contributed by atoms with Crippen molar-refractivity contribution in [3.63, 3.8) is 0 Å². The van der Waals surface area contributed by atoms with Crippen LogP contribution >= 0.6 is 0 Å². The third kappa shape index (κ3) is 5.13. The van der Waals surface area contributed by atoms with Gasteiger partial charge < -0.3 is 15.2 Å². The Hall–Kier alpha value is -1.69. The van der Waals surface area contributed by atoms with E-state index in [4.69, 9.17) is 4.74 Å². The highest BCUT2D eigenvalue weighted by Crippen LogP contribution is 2.18. The van der Waals surface area contributed by atoms with Crippen molar-refractivity contribution in [3.8, 4) is 5.75 Å². The first-order chi connectivity index (χ1) is 9.20. The Morgan fingerprint density at radius 1 is 1.40 bits per heavy atom. The van der Waals surface area contributed by atoms with Gasteiger partial charge in [0.25, 0.3) is 5.91 Å². The molecule has 0 spiro atoms. The fourth-order valence-electron chi connectivity index (χ4n) is 1.30. The number of rotatable bonds is 5. The van der Waals surface area contributed by atoms with Crippen molar-refractivity contribution in [1.29, 1.82) is 0 Å². The summed E-state index contributed by atoms with van der Waals surface area (Å²) in [5, 5.41) is 12.2. The summed E-state index contributed by atoms with van der Waals surface area (Å²) >= 11 is 0. The number of hydrogen-bond acceptors (Lipinski definition) is 3. The van der Waals surface area contributed by atoms with E-state index < -0.39 is 30.3 Å². The maximum Gasteiger partial charge on any atom is 0.258 e. The standard InChI is InChI=1S/C14H19F2NO3/c1-14(2,3)12(18)7-17-13(19)8-20-11-5-4-9(15)6-10(11)16/h4-6,12,18H,7-8H2,1-3H3,(H,17,19). The quantitative estimate of drug-likeness (QED) is 0.869. The van der Waals surface area contributed by atoms with Crippen molar-refractivity contribution in [1.82, 2.24) is 5.32 Å². The molecule has 1 unspecified atom stereocenters. The lowest BCUT2D eigenvalue weighted by molar-refractivity contribution is -0.123. The fourth-order valence-corrected chi connectivity index (χ4v) is 1.30. The monoisotopic (exact) mass is 287 g/mol. The van der Waals surface area contributed by atoms with Crippen molar-refractivity contribution in [2.45, 2.75) is 26.9 Å². The zero-order valence-electron chi connectivity index (χ0n) is 11.7. The second-order valence-electron chi connectivity index (χ2n) is 5.55. The second-order valence-corrected chi connectivity index (χ2v) is 5.55. The predicted octanol–water partition coefficient (Wildman–Crippen LogP) is 1.87. The molecular formula is C14H19F2NO3. The summed E-state index contributed by atoms with van der Waals surface area (Å²) < 4.78 is 30.8. The summed E-state index contributed by atoms with van der Waals surface area (Å²) in [4.78, 5) is 11.5. The zero-order chi connectivity index (χ0) is 15.3. The highest BCUT2D eigenvalue weighted by molar-refractivity contribution is 5.77. The smallest absolute Gasteiger partial charge is 0.258 e. The van der Waals surface area contributed by atoms with Crippen LogP contribution in [0.3, 0.4) is 0 Å². The summed E-state index contributed by atoms with van der Waals surface area (Å²) in [6.45, 7) is 5.20. The van der Waals surface area contributed by atoms with E-state index in [1.165, 1.54) is 0 Å². The molecule has 1 atom stereocenters. The lowest BCUT2D eigenvalue weighted by Gasteiger charge is -2.25. The van der Waals surface area contributed by atoms with Crippen molar-refractivity contribution in [3.05, 3.63) is 29.8 Å². The van der Waals surface area contributed by atoms with Crippen LogP contribution in [0.2, 0.25) is 0 Å². The van der Waals surface area contributed by atoms with E-state index >= 15 is 0 Å². The van der Waals surface area contributed by atoms with Gasteiger partial charge in [0.2, 0.25) is 0 Å². The topological polar surface area (TPSA) is 58.6 Å². The van der Waals surface area contributed by atoms with Crippen LogP contribution in [0.4, 0.5) is 8.78 Å². The Kier molecular flexibility index (Phi) is 5.44. The number of aliphatic hydroxyl groups is 1. The highest BCUT2D eigenvalue weighted by atomic mass is 19.1. The number of halogens is 2. The summed E-state index contributed by atoms with van der Waals surface area (Å²) in [5.41, 5.74) is -0.350. The van der Waals surface area contributed by atoms with E-state index in [-0.39, 0.29) is 17.7 Å². The molecule has 112 valence electrons. The predicted molar refractivity (Wildman–Crippen MR) is 70.3 cm³/mol. The van der Waals surface area contributed by atoms with Gasteiger partial charge in [-0.05, 0) is 17.5 Å². The lowest BCUT2D eigenvalue weighted by atomic mass is 9.89. The van der Waals surface area contributed by atoms with Crippen molar-refractivity contribution in [2.24, 2.45) is 5.41 Å². The molecule has 4 nitrogen and oxygen atoms in total. The minimum Gasteiger partial charge on any atom is -0.481 e. The van der Waals surface area contributed by atoms with Crippen LogP contribution in [0.25, 0.3) is 0 Å². The summed E-state index contributed by atoms with van der Waals surface area (Å²) in [7, 11) is 0. The van der Waals surface area contributed by atoms with Gasteiger partial charge in [-0.15, -0.1) is 0 Å². The molecule has 0 aliphatic rings. The molecule has 20 heavy (non-hydrogen) atoms. The first-order valence-corrected chi connectivity index (χ1v) is 6.23. The van der Waals surface area contributed by atoms with Crippen molar-refractivity contribution in [2.75, 3.05) is 13.2 Å². The van der Waals surface area contributed by atoms with E-state index in [1.807, 2.05) is 20.8 Å². The molecule has 0 aliphatic carbocycles. The first-order valence-electron chi connectivity index (χ1n) is 6.23. The zero-order valence-corrected chi connectivity index (χ0v) is 11.7. The van der Waals surface area contributed by atoms with Crippen molar-refractivity contribution >= 4 is 5.91 Å². The number of amides is 1. The van der Waals surface area contributed by atoms with E-state index in [0.717, 1.165) is 12.1 Å². The number of carbonyl (C=O) groups excluding carboxylic acids is 1. The van der Waals surface area contributed by atoms with Crippen LogP contribution in [0.5, 0.6) is 5.75 Å². The number of benzene rings is 1. The Bertz CT molecular complexity index is 472. The summed E-state index contributed by atoms with van der Waals surface area (Å²) in [6.07, 6.45) is -0.700. The van der Waals surface area contributed by atoms with Crippen LogP contribution in [0.15, 0.2) is 18.2 Å². The molecular weight excluding hydrogens is 268 g/mol. The molecule has 1 rings (SSSR count). The number of nitrogens with one attached hydrogen (secondary N) is 1. The third-order valence-corrected chi connectivity index (χ3v) is 2.74. The lowest BCUT2D eigenvalue weighted by Crippen LogP contribution is -2.40. The van der Waals surface area contributed by atoms with Crippen LogP contribution in [0, 0.1) is 17.0 Å². The fraction of sp³-hybridized carbons (Fsp3) is 0.500. The molecule has 6 heteroatoms. The van der Waals surface area contributed by atoms with Crippen LogP contribution in [-0.2, 0) is 4.79 Å². The van der Waals surface area contributed by atoms with E-state index in [2.05, 4.69) is 5.32 Å². The van der Waals surface area contributed by atoms with Crippen LogP contribution < -0.4 is 10.1 Å². The molecule has 0 bridgehead atoms. The third-order valence-electron chi connectivity index (χ3n) is 2.74. The van der Waals surface area contributed by atoms with Crippen molar-refractivity contribution < 1.29 is 23.4 Å². The maximum absolute atomic E-state index is 13.2. The second kappa shape index (κ2) is 6.65. The SMILES string of the molecule is CC(C)(C)C(O)CNC(=O)COc1ccc(F)cc1F. The molecule has 0 heterocycles. The van der Waals surface area contributed by atoms with Gasteiger partial charge in [-0.3, -0.25) is 4.79 Å². The molecule has 2 N–H and O–H groups in total. The molecule has 0 saturated heterocycles. The number of hydrogen-bond donors (Lipinski definition) is 2. The minimum absolute atomic E-state index is 0.0809. The first kappa shape index (κ1) is 16.4. The van der Waals surface area contributed by atoms with Gasteiger partial charge in [0.15, 0.2) is 18.2 Å². The van der Waals surface area contributed by atoms with Gasteiger partial charge in [-0.1, -0.05) is 20.8 Å². The molecule has 1 amide bonds. The van der Waals surface area contributed by atoms with Crippen LogP contribution in [-0.4, -0.2) is 30.3 Å². The Morgan fingerprint density at radius 3 is 2.60 bits per heavy atom. The van der Waals surface area contributed by atoms with E-state index in [0.29, 0.717) is 6.07 Å². The van der Waals surface area contributed by atoms with Gasteiger partial charge >= 0.3 is 0 Å². The molecule has 0 aliphatic heterocycles. The Balaban J connectivity index is 2.40. The number of ether oxygens (including phenoxy) is 1. The number of aliphatic hydroxyl groups excluding tert-OH is 1. The van der Waals surface area contributed by atoms with Gasteiger partial charge in [0, 0.05) is 12.6 Å². The number of carbonyl (C=O) groups is 1. The largest absolute Gasteiger partial charge is 0.481 e. The molecule has 0 aromatic heterocycles. The molecule has 1 aromatic carbocycles. The normalized spacial score (nSPS) is 12.9. The minimum atomic E-state index is -0.868. The molecule has 0 fully saturated rings. The van der Waals surface area contributed by atoms with Gasteiger partial charge in [-0.2, -0.15) is 0 Å². The highest BCUT2D eigenvalue weighted by Gasteiger charge is 2.22. The average molecular weight is 287 g/mol. The molecule has 1 aromatic rings. The van der Waals surface area contributed by atoms with Gasteiger partial charge in [-0.25, -0.2) is 8.78 Å². The van der Waals surface area contributed by atoms with Crippen LogP contribution in [0.1, 0.15) is 20.8 Å². The van der Waals surface area contributed by atoms with Gasteiger partial charge in [0.1, 0.15) is 5.82 Å². The average Bonchev–Trinajstić information content (AvgIpc) is 2.33. The maximum atomic E-state index is 13.2. The Labute approximate surface area is 116 Å². The van der Waals surface area contributed by atoms with E-state index in [9.17, 15) is 18.7 Å². The molecule has 0 radical (unpaired) electrons. The van der Waals surface area contributed by atoms with E-state index in [1.54, 1.807) is 0 Å². The Morgan fingerprint density at radius 2 is 2.05 bits per heavy atom. The summed E-state index contributed by atoms with van der Waals surface area (Å²) in [6, 6.07) is 2.83. The summed E-state index contributed by atoms with van der Waals surface area (Å²) in [5.74, 6) is -2.27. The van der Waals surface area contributed by atoms with Gasteiger partial charge in [0.05, 0.1) is 6.10 Å². The molecule has 0 saturated carbocycles.